The van der Waals surface area contributed by atoms with E-state index in [4.69, 9.17) is 5.11 Å². The lowest BCUT2D eigenvalue weighted by atomic mass is 9.68. The highest BCUT2D eigenvalue weighted by molar-refractivity contribution is 8.21. The number of thiol groups is 4. The van der Waals surface area contributed by atoms with E-state index in [0.29, 0.717) is 43.6 Å². The molecule has 2 heterocycles. The largest absolute Gasteiger partial charge is 0.515 e. The molecule has 9 aliphatic carbocycles. The topological polar surface area (TPSA) is 88.5 Å². The molecule has 5 aromatic rings. The van der Waals surface area contributed by atoms with Gasteiger partial charge < -0.3 is 5.11 Å². The van der Waals surface area contributed by atoms with Crippen molar-refractivity contribution in [3.05, 3.63) is 214 Å². The summed E-state index contributed by atoms with van der Waals surface area (Å²) in [6, 6.07) is 43.0. The minimum atomic E-state index is -0.0376. The summed E-state index contributed by atoms with van der Waals surface area (Å²) in [7, 11) is 0. The summed E-state index contributed by atoms with van der Waals surface area (Å²) >= 11 is 24.3. The fourth-order valence-corrected chi connectivity index (χ4v) is 21.9. The Hall–Kier alpha value is -3.66. The number of allylic oxidation sites excluding steroid dienone is 5. The highest BCUT2D eigenvalue weighted by atomic mass is 32.2. The van der Waals surface area contributed by atoms with E-state index in [9.17, 15) is 19.2 Å². The van der Waals surface area contributed by atoms with Gasteiger partial charge in [-0.1, -0.05) is 134 Å². The molecule has 0 radical (unpaired) electrons. The summed E-state index contributed by atoms with van der Waals surface area (Å²) in [4.78, 5) is 44.3. The van der Waals surface area contributed by atoms with Crippen LogP contribution in [-0.4, -0.2) is 82.4 Å². The molecule has 6 atom stereocenters. The van der Waals surface area contributed by atoms with Crippen molar-refractivity contribution in [3.8, 4) is 0 Å². The number of ketones is 4. The summed E-state index contributed by atoms with van der Waals surface area (Å²) in [6.45, 7) is 4.68. The van der Waals surface area contributed by atoms with Crippen molar-refractivity contribution < 1.29 is 24.3 Å². The smallest absolute Gasteiger partial charge is 0.192 e. The van der Waals surface area contributed by atoms with E-state index in [-0.39, 0.29) is 11.6 Å². The van der Waals surface area contributed by atoms with E-state index in [0.717, 1.165) is 103 Å². The summed E-state index contributed by atoms with van der Waals surface area (Å²) in [6.07, 6.45) is 30.2. The highest BCUT2D eigenvalue weighted by Crippen LogP contribution is 2.60. The van der Waals surface area contributed by atoms with Crippen molar-refractivity contribution in [2.24, 2.45) is 23.7 Å². The van der Waals surface area contributed by atoms with Gasteiger partial charge >= 0.3 is 0 Å². The molecule has 490 valence electrons. The van der Waals surface area contributed by atoms with Gasteiger partial charge in [-0.15, -0.1) is 47.0 Å². The van der Waals surface area contributed by atoms with Gasteiger partial charge in [-0.25, -0.2) is 0 Å². The standard InChI is InChI=1S/C16H20S2.C16H18S2.C14H16O.C14H14O.C11H10O2.C4H6O.2C2H6S2/c2*1-2-4-14-12(3-1)5-6-13-7-8-16(11-15(13)14)17-9-10-18-16;2*15-12-8-7-11-6-5-10-3-1-2-4-13(10)14(11)9-12;12-7-9-6-5-8-3-1-2-4-10(8)11(9)13;1-3-4(2)5;2*3-1-2-4/h1-4,13,15H,5-11H2;1-4,11,13H,5-10H2;1-4,11,14H,5-9H2;1-4,9,11H,5-8H2;1-4,7,12H,5-6H2;3H,1H2,2H3;2*3-4H,1-2H2/b;;;;9-7+;;;. The van der Waals surface area contributed by atoms with Gasteiger partial charge in [-0.05, 0) is 248 Å². The normalized spacial score (nSPS) is 24.5. The number of benzene rings is 5. The number of carbonyl (C=O) groups is 4. The predicted molar refractivity (Wildman–Crippen MR) is 412 cm³/mol. The number of hydrogen-bond acceptors (Lipinski definition) is 13. The zero-order valence-electron chi connectivity index (χ0n) is 53.8. The molecule has 0 bridgehead atoms. The third kappa shape index (κ3) is 19.3. The third-order valence-corrected chi connectivity index (χ3v) is 28.6. The van der Waals surface area contributed by atoms with E-state index in [1.807, 2.05) is 24.3 Å². The number of hydrogen-bond donors (Lipinski definition) is 5. The number of fused-ring (bicyclic) bond motifs is 13. The number of thioether (sulfide) groups is 4. The van der Waals surface area contributed by atoms with E-state index >= 15 is 0 Å². The zero-order chi connectivity index (χ0) is 64.9. The van der Waals surface area contributed by atoms with Gasteiger partial charge in [0.25, 0.3) is 0 Å². The van der Waals surface area contributed by atoms with Crippen molar-refractivity contribution in [1.82, 2.24) is 0 Å². The summed E-state index contributed by atoms with van der Waals surface area (Å²) in [5.74, 6) is 14.3. The number of rotatable bonds is 3. The van der Waals surface area contributed by atoms with Gasteiger partial charge in [0.1, 0.15) is 5.78 Å². The maximum Gasteiger partial charge on any atom is 0.192 e. The van der Waals surface area contributed by atoms with E-state index in [1.165, 1.54) is 147 Å². The van der Waals surface area contributed by atoms with Crippen LogP contribution in [0.25, 0.3) is 11.1 Å². The first kappa shape index (κ1) is 72.6. The molecule has 5 aromatic carbocycles. The Morgan fingerprint density at radius 2 is 0.978 bits per heavy atom. The first-order valence-electron chi connectivity index (χ1n) is 33.7. The van der Waals surface area contributed by atoms with E-state index in [1.54, 1.807) is 33.9 Å². The molecule has 1 N–H and O–H groups in total. The van der Waals surface area contributed by atoms with Crippen LogP contribution in [0.15, 0.2) is 158 Å². The maximum atomic E-state index is 11.6. The number of aliphatic hydroxyl groups excluding tert-OH is 1. The second-order valence-electron chi connectivity index (χ2n) is 25.7. The third-order valence-electron chi connectivity index (χ3n) is 20.1. The SMILES string of the molecule is C1=C2c3ccccc3CCC2CCC12SCCS2.C=CC(C)=O.O=C1/C(=C/O)CCc2ccccc21.O=C1C=C2c3ccccc3CCC2CC1.O=C1CCC2CCc3ccccc3C2C1.SCCS.SCCS.c1ccc2c(c1)CCC1CCC3(CC21)SCCS3. The van der Waals surface area contributed by atoms with Gasteiger partial charge in [0.15, 0.2) is 17.3 Å². The molecule has 4 fully saturated rings. The van der Waals surface area contributed by atoms with Crippen LogP contribution in [0.2, 0.25) is 0 Å². The Labute approximate surface area is 589 Å². The fourth-order valence-electron chi connectivity index (χ4n) is 15.4. The van der Waals surface area contributed by atoms with Crippen molar-refractivity contribution in [1.29, 1.82) is 0 Å². The highest BCUT2D eigenvalue weighted by Gasteiger charge is 2.46. The van der Waals surface area contributed by atoms with Crippen molar-refractivity contribution >= 4 is 132 Å². The average molecular weight is 1380 g/mol. The van der Waals surface area contributed by atoms with Gasteiger partial charge in [0, 0.05) is 53.4 Å². The summed E-state index contributed by atoms with van der Waals surface area (Å²) in [5, 5.41) is 8.80. The van der Waals surface area contributed by atoms with Crippen molar-refractivity contribution in [2.45, 2.75) is 155 Å². The first-order chi connectivity index (χ1) is 44.8. The number of aryl methyl sites for hydroxylation is 5. The molecule has 2 spiro atoms. The summed E-state index contributed by atoms with van der Waals surface area (Å²) < 4.78 is 1.02. The Kier molecular flexibility index (Phi) is 28.9. The molecule has 0 amide bonds. The quantitative estimate of drug-likeness (QED) is 0.0689. The van der Waals surface area contributed by atoms with Crippen LogP contribution in [0, 0.1) is 23.7 Å². The van der Waals surface area contributed by atoms with Gasteiger partial charge in [-0.2, -0.15) is 50.5 Å². The van der Waals surface area contributed by atoms with Crippen molar-refractivity contribution in [3.63, 3.8) is 0 Å². The van der Waals surface area contributed by atoms with E-state index < -0.39 is 0 Å². The Morgan fingerprint density at radius 3 is 1.54 bits per heavy atom. The van der Waals surface area contributed by atoms with Crippen molar-refractivity contribution in [2.75, 3.05) is 46.0 Å². The number of aliphatic hydroxyl groups is 1. The fraction of sp³-hybridized carbons (Fsp3) is 0.468. The molecule has 2 saturated heterocycles. The first-order valence-corrected chi connectivity index (χ1v) is 40.2. The molecular formula is C79H96O5S8. The van der Waals surface area contributed by atoms with Crippen LogP contribution in [0.4, 0.5) is 0 Å². The molecule has 16 rings (SSSR count). The van der Waals surface area contributed by atoms with Crippen LogP contribution < -0.4 is 0 Å². The molecule has 2 saturated carbocycles. The molecular weight excluding hydrogens is 1290 g/mol. The minimum Gasteiger partial charge on any atom is -0.515 e. The van der Waals surface area contributed by atoms with E-state index in [2.05, 4.69) is 207 Å². The molecule has 0 aromatic heterocycles. The zero-order valence-corrected chi connectivity index (χ0v) is 60.7. The Bertz CT molecular complexity index is 3380. The Balaban J connectivity index is 0.000000130. The molecule has 6 unspecified atom stereocenters. The lowest BCUT2D eigenvalue weighted by Crippen LogP contribution is -2.34. The molecule has 5 nitrogen and oxygen atoms in total. The Morgan fingerprint density at radius 1 is 0.522 bits per heavy atom. The lowest BCUT2D eigenvalue weighted by molar-refractivity contribution is -0.121. The van der Waals surface area contributed by atoms with Gasteiger partial charge in [0.05, 0.1) is 14.4 Å². The molecule has 92 heavy (non-hydrogen) atoms. The van der Waals surface area contributed by atoms with Gasteiger partial charge in [-0.3, -0.25) is 19.2 Å². The minimum absolute atomic E-state index is 0.0185. The second-order valence-corrected chi connectivity index (χ2v) is 33.8. The van der Waals surface area contributed by atoms with Crippen LogP contribution in [-0.2, 0) is 46.5 Å². The monoisotopic (exact) mass is 1380 g/mol. The second kappa shape index (κ2) is 36.6. The van der Waals surface area contributed by atoms with Crippen LogP contribution >= 0.6 is 97.6 Å². The lowest BCUT2D eigenvalue weighted by Gasteiger charge is -2.44. The maximum absolute atomic E-state index is 11.6. The number of Topliss-reactive ketones (excluding diaryl/α,β-unsaturated/α-hetero) is 2. The summed E-state index contributed by atoms with van der Waals surface area (Å²) in [5.41, 5.74) is 17.4. The van der Waals surface area contributed by atoms with Crippen LogP contribution in [0.1, 0.15) is 176 Å². The van der Waals surface area contributed by atoms with Crippen LogP contribution in [0.3, 0.4) is 0 Å². The van der Waals surface area contributed by atoms with Gasteiger partial charge in [0.2, 0.25) is 0 Å². The number of carbonyl (C=O) groups excluding carboxylic acids is 4. The molecule has 2 aliphatic heterocycles. The van der Waals surface area contributed by atoms with Crippen LogP contribution in [0.5, 0.6) is 0 Å². The average Bonchev–Trinajstić information content (AvgIpc) is 1.06. The predicted octanol–water partition coefficient (Wildman–Crippen LogP) is 20.1. The molecule has 11 aliphatic rings. The molecule has 13 heteroatoms.